The Morgan fingerprint density at radius 3 is 2.54 bits per heavy atom. The molecule has 0 spiro atoms. The summed E-state index contributed by atoms with van der Waals surface area (Å²) in [4.78, 5) is 13.3. The molecule has 9 atom stereocenters. The summed E-state index contributed by atoms with van der Waals surface area (Å²) in [6.07, 6.45) is 7.68. The first-order valence-corrected chi connectivity index (χ1v) is 10.2. The summed E-state index contributed by atoms with van der Waals surface area (Å²) in [5, 5.41) is 20.4. The van der Waals surface area contributed by atoms with Gasteiger partial charge in [-0.2, -0.15) is 0 Å². The fourth-order valence-electron chi connectivity index (χ4n) is 7.75. The first-order chi connectivity index (χ1) is 11.3. The third-order valence-electron chi connectivity index (χ3n) is 9.15. The Labute approximate surface area is 146 Å². The molecule has 0 aromatic rings. The molecule has 24 heavy (non-hydrogen) atoms. The van der Waals surface area contributed by atoms with Gasteiger partial charge in [0.15, 0.2) is 0 Å². The fourth-order valence-corrected chi connectivity index (χ4v) is 7.75. The van der Waals surface area contributed by atoms with Crippen molar-refractivity contribution in [2.75, 3.05) is 0 Å². The highest BCUT2D eigenvalue weighted by Gasteiger charge is 2.63. The average molecular weight is 335 g/mol. The van der Waals surface area contributed by atoms with E-state index in [4.69, 9.17) is 0 Å². The monoisotopic (exact) mass is 334 g/mol. The zero-order valence-corrected chi connectivity index (χ0v) is 15.5. The van der Waals surface area contributed by atoms with Crippen LogP contribution in [0.3, 0.4) is 0 Å². The predicted octanol–water partition coefficient (Wildman–Crippen LogP) is 3.57. The van der Waals surface area contributed by atoms with Crippen molar-refractivity contribution >= 4 is 5.78 Å². The Hall–Kier alpha value is -0.410. The van der Waals surface area contributed by atoms with Gasteiger partial charge in [0.25, 0.3) is 0 Å². The summed E-state index contributed by atoms with van der Waals surface area (Å²) in [6, 6.07) is 0. The lowest BCUT2D eigenvalue weighted by atomic mass is 9.44. The van der Waals surface area contributed by atoms with Crippen LogP contribution in [-0.2, 0) is 4.79 Å². The second-order valence-corrected chi connectivity index (χ2v) is 9.92. The number of carbonyl (C=O) groups is 1. The van der Waals surface area contributed by atoms with E-state index in [9.17, 15) is 15.0 Å². The molecule has 3 heteroatoms. The summed E-state index contributed by atoms with van der Waals surface area (Å²) in [5.41, 5.74) is -0.0607. The number of carbonyl (C=O) groups excluding carboxylic acids is 1. The number of rotatable bonds is 1. The average Bonchev–Trinajstić information content (AvgIpc) is 2.88. The molecular formula is C21H34O3. The molecule has 0 radical (unpaired) electrons. The first kappa shape index (κ1) is 17.0. The molecular weight excluding hydrogens is 300 g/mol. The smallest absolute Gasteiger partial charge is 0.139 e. The quantitative estimate of drug-likeness (QED) is 0.771. The molecule has 0 saturated heterocycles. The normalized spacial score (nSPS) is 55.5. The Bertz CT molecular complexity index is 529. The minimum Gasteiger partial charge on any atom is -0.393 e. The topological polar surface area (TPSA) is 57.5 Å². The maximum Gasteiger partial charge on any atom is 0.139 e. The van der Waals surface area contributed by atoms with Crippen LogP contribution < -0.4 is 0 Å². The number of hydrogen-bond acceptors (Lipinski definition) is 3. The van der Waals surface area contributed by atoms with Gasteiger partial charge in [-0.1, -0.05) is 13.8 Å². The van der Waals surface area contributed by atoms with Gasteiger partial charge in [-0.3, -0.25) is 4.79 Å². The van der Waals surface area contributed by atoms with E-state index in [1.54, 1.807) is 0 Å². The van der Waals surface area contributed by atoms with Gasteiger partial charge in [-0.05, 0) is 86.9 Å². The number of ketones is 1. The van der Waals surface area contributed by atoms with Crippen LogP contribution in [0.25, 0.3) is 0 Å². The van der Waals surface area contributed by atoms with Crippen LogP contribution >= 0.6 is 0 Å². The van der Waals surface area contributed by atoms with Gasteiger partial charge >= 0.3 is 0 Å². The Balaban J connectivity index is 1.67. The van der Waals surface area contributed by atoms with E-state index >= 15 is 0 Å². The SMILES string of the molecule is C[C@H](O)[C@H]1CC[C@H]2[C@H]3CC[C@H]4C[C@@H](O)CC[C@]4(C)[C@@H]3CC(=O)[C@]12C. The Morgan fingerprint density at radius 2 is 1.83 bits per heavy atom. The molecule has 0 unspecified atom stereocenters. The molecule has 4 saturated carbocycles. The van der Waals surface area contributed by atoms with Crippen LogP contribution in [0, 0.1) is 40.4 Å². The number of aliphatic hydroxyl groups is 2. The van der Waals surface area contributed by atoms with E-state index in [-0.39, 0.29) is 29.0 Å². The van der Waals surface area contributed by atoms with Crippen molar-refractivity contribution < 1.29 is 15.0 Å². The van der Waals surface area contributed by atoms with Gasteiger partial charge in [0, 0.05) is 11.8 Å². The van der Waals surface area contributed by atoms with Crippen molar-refractivity contribution in [2.45, 2.75) is 84.3 Å². The fraction of sp³-hybridized carbons (Fsp3) is 0.952. The van der Waals surface area contributed by atoms with Crippen molar-refractivity contribution in [1.29, 1.82) is 0 Å². The highest BCUT2D eigenvalue weighted by Crippen LogP contribution is 2.66. The Morgan fingerprint density at radius 1 is 1.08 bits per heavy atom. The van der Waals surface area contributed by atoms with E-state index in [0.29, 0.717) is 35.9 Å². The van der Waals surface area contributed by atoms with Gasteiger partial charge in [-0.15, -0.1) is 0 Å². The minimum absolute atomic E-state index is 0.129. The van der Waals surface area contributed by atoms with Gasteiger partial charge in [-0.25, -0.2) is 0 Å². The van der Waals surface area contributed by atoms with Crippen LogP contribution in [0.15, 0.2) is 0 Å². The zero-order valence-electron chi connectivity index (χ0n) is 15.5. The molecule has 0 aromatic heterocycles. The number of Topliss-reactive ketones (excluding diaryl/α,β-unsaturated/α-hetero) is 1. The molecule has 0 amide bonds. The van der Waals surface area contributed by atoms with E-state index in [2.05, 4.69) is 13.8 Å². The van der Waals surface area contributed by atoms with Crippen molar-refractivity contribution in [3.05, 3.63) is 0 Å². The summed E-state index contributed by atoms with van der Waals surface area (Å²) in [5.74, 6) is 2.77. The summed E-state index contributed by atoms with van der Waals surface area (Å²) >= 11 is 0. The maximum absolute atomic E-state index is 13.3. The van der Waals surface area contributed by atoms with Gasteiger partial charge in [0.2, 0.25) is 0 Å². The third kappa shape index (κ3) is 2.13. The molecule has 4 aliphatic rings. The molecule has 0 heterocycles. The Kier molecular flexibility index (Phi) is 3.93. The number of fused-ring (bicyclic) bond motifs is 5. The van der Waals surface area contributed by atoms with Gasteiger partial charge in [0.1, 0.15) is 5.78 Å². The summed E-state index contributed by atoms with van der Waals surface area (Å²) in [6.45, 7) is 6.45. The molecule has 0 bridgehead atoms. The largest absolute Gasteiger partial charge is 0.393 e. The molecule has 0 aromatic carbocycles. The maximum atomic E-state index is 13.3. The third-order valence-corrected chi connectivity index (χ3v) is 9.15. The molecule has 136 valence electrons. The lowest BCUT2D eigenvalue weighted by molar-refractivity contribution is -0.162. The number of aliphatic hydroxyl groups excluding tert-OH is 2. The zero-order chi connectivity index (χ0) is 17.3. The van der Waals surface area contributed by atoms with E-state index in [0.717, 1.165) is 32.1 Å². The molecule has 4 aliphatic carbocycles. The number of hydrogen-bond donors (Lipinski definition) is 2. The van der Waals surface area contributed by atoms with Crippen LogP contribution in [0.1, 0.15) is 72.1 Å². The van der Waals surface area contributed by atoms with Crippen molar-refractivity contribution in [2.24, 2.45) is 40.4 Å². The lowest BCUT2D eigenvalue weighted by Crippen LogP contribution is -2.57. The van der Waals surface area contributed by atoms with Crippen molar-refractivity contribution in [3.63, 3.8) is 0 Å². The summed E-state index contributed by atoms with van der Waals surface area (Å²) < 4.78 is 0. The van der Waals surface area contributed by atoms with E-state index in [1.807, 2.05) is 6.92 Å². The second-order valence-electron chi connectivity index (χ2n) is 9.92. The van der Waals surface area contributed by atoms with Crippen LogP contribution in [-0.4, -0.2) is 28.2 Å². The van der Waals surface area contributed by atoms with Crippen molar-refractivity contribution in [3.8, 4) is 0 Å². The highest BCUT2D eigenvalue weighted by atomic mass is 16.3. The van der Waals surface area contributed by atoms with Crippen LogP contribution in [0.4, 0.5) is 0 Å². The second kappa shape index (κ2) is 5.54. The van der Waals surface area contributed by atoms with Gasteiger partial charge in [0.05, 0.1) is 12.2 Å². The van der Waals surface area contributed by atoms with Gasteiger partial charge < -0.3 is 10.2 Å². The van der Waals surface area contributed by atoms with E-state index in [1.165, 1.54) is 12.8 Å². The molecule has 4 fully saturated rings. The molecule has 0 aliphatic heterocycles. The first-order valence-electron chi connectivity index (χ1n) is 10.2. The van der Waals surface area contributed by atoms with E-state index < -0.39 is 0 Å². The van der Waals surface area contributed by atoms with Crippen LogP contribution in [0.5, 0.6) is 0 Å². The van der Waals surface area contributed by atoms with Crippen molar-refractivity contribution in [1.82, 2.24) is 0 Å². The summed E-state index contributed by atoms with van der Waals surface area (Å²) in [7, 11) is 0. The molecule has 4 rings (SSSR count). The highest BCUT2D eigenvalue weighted by molar-refractivity contribution is 5.87. The lowest BCUT2D eigenvalue weighted by Gasteiger charge is -2.60. The molecule has 2 N–H and O–H groups in total. The predicted molar refractivity (Wildman–Crippen MR) is 93.3 cm³/mol. The van der Waals surface area contributed by atoms with Crippen LogP contribution in [0.2, 0.25) is 0 Å². The standard InChI is InChI=1S/C21H34O3/c1-12(22)16-6-7-17-15-5-4-13-10-14(23)8-9-20(13,2)18(15)11-19(24)21(16,17)3/h12-18,22-23H,4-11H2,1-3H3/t12-,13-,14-,15+,16+,17-,18+,20-,21+/m0/s1. The minimum atomic E-state index is -0.378. The molecule has 3 nitrogen and oxygen atoms in total.